The highest BCUT2D eigenvalue weighted by Gasteiger charge is 2.29. The van der Waals surface area contributed by atoms with E-state index in [0.717, 1.165) is 19.5 Å². The second kappa shape index (κ2) is 4.65. The standard InChI is InChI=1S/C13H23N3S/c1-10-11-9-13(2,3)6-5-12(11)14-16(10)8-7-15(4)17/h17H,5-9H2,1-4H3. The molecule has 17 heavy (non-hydrogen) atoms. The van der Waals surface area contributed by atoms with Crippen LogP contribution in [0.15, 0.2) is 0 Å². The van der Waals surface area contributed by atoms with Gasteiger partial charge in [-0.15, -0.1) is 0 Å². The lowest BCUT2D eigenvalue weighted by Crippen LogP contribution is -2.21. The highest BCUT2D eigenvalue weighted by molar-refractivity contribution is 7.77. The highest BCUT2D eigenvalue weighted by atomic mass is 32.1. The van der Waals surface area contributed by atoms with Crippen LogP contribution in [0.2, 0.25) is 0 Å². The number of rotatable bonds is 3. The molecule has 0 aromatic carbocycles. The molecular weight excluding hydrogens is 230 g/mol. The maximum atomic E-state index is 4.74. The van der Waals surface area contributed by atoms with E-state index in [1.165, 1.54) is 29.8 Å². The monoisotopic (exact) mass is 253 g/mol. The summed E-state index contributed by atoms with van der Waals surface area (Å²) in [5.74, 6) is 0. The van der Waals surface area contributed by atoms with Crippen LogP contribution in [-0.4, -0.2) is 27.7 Å². The summed E-state index contributed by atoms with van der Waals surface area (Å²) in [6.07, 6.45) is 3.56. The third-order valence-corrected chi connectivity index (χ3v) is 3.94. The fraction of sp³-hybridized carbons (Fsp3) is 0.769. The van der Waals surface area contributed by atoms with Crippen molar-refractivity contribution in [2.75, 3.05) is 13.6 Å². The fourth-order valence-corrected chi connectivity index (χ4v) is 2.65. The molecule has 1 aliphatic rings. The average Bonchev–Trinajstić information content (AvgIpc) is 2.52. The smallest absolute Gasteiger partial charge is 0.0659 e. The lowest BCUT2D eigenvalue weighted by Gasteiger charge is -2.28. The maximum absolute atomic E-state index is 4.74. The molecule has 96 valence electrons. The van der Waals surface area contributed by atoms with Gasteiger partial charge in [0.2, 0.25) is 0 Å². The van der Waals surface area contributed by atoms with Gasteiger partial charge in [0.05, 0.1) is 12.2 Å². The molecule has 0 bridgehead atoms. The van der Waals surface area contributed by atoms with Crippen LogP contribution >= 0.6 is 12.8 Å². The van der Waals surface area contributed by atoms with Gasteiger partial charge in [0, 0.05) is 12.2 Å². The zero-order valence-corrected chi connectivity index (χ0v) is 12.2. The Morgan fingerprint density at radius 2 is 2.18 bits per heavy atom. The van der Waals surface area contributed by atoms with Crippen LogP contribution in [0.4, 0.5) is 0 Å². The van der Waals surface area contributed by atoms with Gasteiger partial charge < -0.3 is 0 Å². The molecule has 1 aromatic heterocycles. The summed E-state index contributed by atoms with van der Waals surface area (Å²) < 4.78 is 4.06. The van der Waals surface area contributed by atoms with E-state index in [1.54, 1.807) is 0 Å². The molecule has 0 radical (unpaired) electrons. The molecular formula is C13H23N3S. The lowest BCUT2D eigenvalue weighted by atomic mass is 9.76. The Balaban J connectivity index is 2.19. The van der Waals surface area contributed by atoms with Crippen molar-refractivity contribution in [3.05, 3.63) is 17.0 Å². The van der Waals surface area contributed by atoms with E-state index in [-0.39, 0.29) is 0 Å². The molecule has 0 saturated carbocycles. The van der Waals surface area contributed by atoms with Gasteiger partial charge in [-0.1, -0.05) is 26.7 Å². The van der Waals surface area contributed by atoms with E-state index in [0.29, 0.717) is 5.41 Å². The van der Waals surface area contributed by atoms with Crippen LogP contribution < -0.4 is 0 Å². The van der Waals surface area contributed by atoms with E-state index < -0.39 is 0 Å². The second-order valence-electron chi connectivity index (χ2n) is 5.96. The van der Waals surface area contributed by atoms with Crippen molar-refractivity contribution in [1.29, 1.82) is 0 Å². The third kappa shape index (κ3) is 2.86. The molecule has 1 heterocycles. The molecule has 4 heteroatoms. The van der Waals surface area contributed by atoms with Crippen molar-refractivity contribution in [2.45, 2.75) is 46.6 Å². The Kier molecular flexibility index (Phi) is 3.55. The van der Waals surface area contributed by atoms with Crippen LogP contribution in [0.3, 0.4) is 0 Å². The summed E-state index contributed by atoms with van der Waals surface area (Å²) in [4.78, 5) is 0. The van der Waals surface area contributed by atoms with Gasteiger partial charge in [-0.3, -0.25) is 8.99 Å². The third-order valence-electron chi connectivity index (χ3n) is 3.74. The van der Waals surface area contributed by atoms with Crippen LogP contribution in [0, 0.1) is 12.3 Å². The number of thiol groups is 1. The summed E-state index contributed by atoms with van der Waals surface area (Å²) in [5.41, 5.74) is 4.60. The molecule has 1 aliphatic carbocycles. The zero-order valence-electron chi connectivity index (χ0n) is 11.3. The zero-order chi connectivity index (χ0) is 12.6. The Bertz CT molecular complexity index is 407. The van der Waals surface area contributed by atoms with Crippen molar-refractivity contribution >= 4 is 12.8 Å². The topological polar surface area (TPSA) is 21.1 Å². The van der Waals surface area contributed by atoms with Crippen molar-refractivity contribution in [3.63, 3.8) is 0 Å². The summed E-state index contributed by atoms with van der Waals surface area (Å²) in [6.45, 7) is 8.77. The molecule has 0 fully saturated rings. The van der Waals surface area contributed by atoms with Crippen molar-refractivity contribution in [1.82, 2.24) is 14.1 Å². The normalized spacial score (nSPS) is 18.5. The van der Waals surface area contributed by atoms with Gasteiger partial charge in [0.15, 0.2) is 0 Å². The summed E-state index contributed by atoms with van der Waals surface area (Å²) in [7, 11) is 1.98. The summed E-state index contributed by atoms with van der Waals surface area (Å²) >= 11 is 4.27. The molecule has 0 unspecified atom stereocenters. The first kappa shape index (κ1) is 13.0. The van der Waals surface area contributed by atoms with Crippen LogP contribution in [0.5, 0.6) is 0 Å². The molecule has 0 amide bonds. The van der Waals surface area contributed by atoms with E-state index in [9.17, 15) is 0 Å². The fourth-order valence-electron chi connectivity index (χ4n) is 2.56. The molecule has 0 saturated heterocycles. The minimum atomic E-state index is 0.436. The first-order chi connectivity index (χ1) is 7.89. The van der Waals surface area contributed by atoms with Gasteiger partial charge in [-0.2, -0.15) is 5.10 Å². The number of aromatic nitrogens is 2. The van der Waals surface area contributed by atoms with Gasteiger partial charge in [-0.05, 0) is 44.2 Å². The van der Waals surface area contributed by atoms with E-state index in [1.807, 2.05) is 11.4 Å². The molecule has 2 rings (SSSR count). The number of fused-ring (bicyclic) bond motifs is 1. The number of hydrogen-bond acceptors (Lipinski definition) is 3. The van der Waals surface area contributed by atoms with Gasteiger partial charge in [-0.25, -0.2) is 0 Å². The minimum absolute atomic E-state index is 0.436. The largest absolute Gasteiger partial charge is 0.268 e. The van der Waals surface area contributed by atoms with Crippen molar-refractivity contribution < 1.29 is 0 Å². The molecule has 0 N–H and O–H groups in total. The maximum Gasteiger partial charge on any atom is 0.0659 e. The first-order valence-corrected chi connectivity index (χ1v) is 6.74. The number of nitrogens with zero attached hydrogens (tertiary/aromatic N) is 3. The van der Waals surface area contributed by atoms with Gasteiger partial charge in [0.1, 0.15) is 0 Å². The van der Waals surface area contributed by atoms with Crippen LogP contribution in [0.1, 0.15) is 37.2 Å². The van der Waals surface area contributed by atoms with Gasteiger partial charge in [0.25, 0.3) is 0 Å². The first-order valence-electron chi connectivity index (χ1n) is 6.34. The Morgan fingerprint density at radius 1 is 1.47 bits per heavy atom. The summed E-state index contributed by atoms with van der Waals surface area (Å²) in [5, 5.41) is 4.74. The number of aryl methyl sites for hydroxylation is 1. The van der Waals surface area contributed by atoms with E-state index in [2.05, 4.69) is 38.3 Å². The van der Waals surface area contributed by atoms with Gasteiger partial charge >= 0.3 is 0 Å². The molecule has 0 spiro atoms. The summed E-state index contributed by atoms with van der Waals surface area (Å²) in [6, 6.07) is 0. The van der Waals surface area contributed by atoms with Crippen molar-refractivity contribution in [2.24, 2.45) is 5.41 Å². The molecule has 3 nitrogen and oxygen atoms in total. The number of hydrogen-bond donors (Lipinski definition) is 1. The Morgan fingerprint density at radius 3 is 2.82 bits per heavy atom. The SMILES string of the molecule is Cc1c2c(nn1CCN(C)S)CCC(C)(C)C2. The Hall–Kier alpha value is -0.480. The minimum Gasteiger partial charge on any atom is -0.268 e. The molecule has 0 aliphatic heterocycles. The van der Waals surface area contributed by atoms with Crippen LogP contribution in [-0.2, 0) is 19.4 Å². The lowest BCUT2D eigenvalue weighted by molar-refractivity contribution is 0.313. The predicted molar refractivity (Wildman–Crippen MR) is 74.4 cm³/mol. The van der Waals surface area contributed by atoms with E-state index in [4.69, 9.17) is 5.10 Å². The van der Waals surface area contributed by atoms with Crippen molar-refractivity contribution in [3.8, 4) is 0 Å². The Labute approximate surface area is 110 Å². The molecule has 1 aromatic rings. The second-order valence-corrected chi connectivity index (χ2v) is 6.64. The van der Waals surface area contributed by atoms with Crippen LogP contribution in [0.25, 0.3) is 0 Å². The quantitative estimate of drug-likeness (QED) is 0.836. The average molecular weight is 253 g/mol. The molecule has 0 atom stereocenters. The predicted octanol–water partition coefficient (Wildman–Crippen LogP) is 2.48. The highest BCUT2D eigenvalue weighted by Crippen LogP contribution is 2.35. The van der Waals surface area contributed by atoms with E-state index >= 15 is 0 Å². The number of likely N-dealkylation sites (N-methyl/N-ethyl adjacent to an activating group) is 1.